The van der Waals surface area contributed by atoms with Crippen molar-refractivity contribution >= 4 is 17.7 Å². The van der Waals surface area contributed by atoms with Crippen molar-refractivity contribution in [2.45, 2.75) is 25.1 Å². The van der Waals surface area contributed by atoms with Gasteiger partial charge in [0, 0.05) is 17.4 Å². The summed E-state index contributed by atoms with van der Waals surface area (Å²) < 4.78 is 0. The third-order valence-corrected chi connectivity index (χ3v) is 3.30. The summed E-state index contributed by atoms with van der Waals surface area (Å²) in [5.41, 5.74) is 12.6. The maximum Gasteiger partial charge on any atom is 0.249 e. The lowest BCUT2D eigenvalue weighted by Gasteiger charge is -2.07. The van der Waals surface area contributed by atoms with E-state index in [0.717, 1.165) is 23.5 Å². The van der Waals surface area contributed by atoms with Crippen molar-refractivity contribution in [3.8, 4) is 0 Å². The van der Waals surface area contributed by atoms with Gasteiger partial charge in [-0.3, -0.25) is 4.79 Å². The first-order chi connectivity index (χ1) is 7.61. The molecule has 0 aromatic heterocycles. The van der Waals surface area contributed by atoms with E-state index in [9.17, 15) is 4.79 Å². The van der Waals surface area contributed by atoms with E-state index in [1.54, 1.807) is 17.8 Å². The van der Waals surface area contributed by atoms with Gasteiger partial charge >= 0.3 is 0 Å². The van der Waals surface area contributed by atoms with E-state index in [0.29, 0.717) is 5.56 Å². The standard InChI is InChI=1S/C12H18N2OS/c1-9(13)6-7-16-8-10-4-2-3-5-11(10)12(14)15/h2-5,9H,6-8,13H2,1H3,(H2,14,15). The summed E-state index contributed by atoms with van der Waals surface area (Å²) in [6.07, 6.45) is 0.989. The Labute approximate surface area is 101 Å². The first-order valence-electron chi connectivity index (χ1n) is 5.32. The number of rotatable bonds is 6. The van der Waals surface area contributed by atoms with E-state index in [1.807, 2.05) is 25.1 Å². The lowest BCUT2D eigenvalue weighted by atomic mass is 10.1. The van der Waals surface area contributed by atoms with E-state index in [4.69, 9.17) is 11.5 Å². The first-order valence-corrected chi connectivity index (χ1v) is 6.47. The number of carbonyl (C=O) groups is 1. The Morgan fingerprint density at radius 2 is 2.12 bits per heavy atom. The molecule has 0 radical (unpaired) electrons. The quantitative estimate of drug-likeness (QED) is 0.742. The van der Waals surface area contributed by atoms with Crippen LogP contribution in [0, 0.1) is 0 Å². The second-order valence-corrected chi connectivity index (χ2v) is 4.95. The summed E-state index contributed by atoms with van der Waals surface area (Å²) in [4.78, 5) is 11.2. The number of benzene rings is 1. The molecular weight excluding hydrogens is 220 g/mol. The molecular formula is C12H18N2OS. The number of thioether (sulfide) groups is 1. The van der Waals surface area contributed by atoms with Crippen molar-refractivity contribution in [1.29, 1.82) is 0 Å². The molecule has 0 spiro atoms. The first kappa shape index (κ1) is 13.1. The van der Waals surface area contributed by atoms with Crippen molar-refractivity contribution in [3.05, 3.63) is 35.4 Å². The minimum absolute atomic E-state index is 0.235. The van der Waals surface area contributed by atoms with Gasteiger partial charge in [0.1, 0.15) is 0 Å². The van der Waals surface area contributed by atoms with Gasteiger partial charge in [0.05, 0.1) is 0 Å². The highest BCUT2D eigenvalue weighted by Crippen LogP contribution is 2.17. The molecule has 0 bridgehead atoms. The van der Waals surface area contributed by atoms with Crippen LogP contribution in [-0.2, 0) is 5.75 Å². The highest BCUT2D eigenvalue weighted by Gasteiger charge is 2.06. The van der Waals surface area contributed by atoms with Gasteiger partial charge in [-0.2, -0.15) is 11.8 Å². The number of nitrogens with two attached hydrogens (primary N) is 2. The Bertz CT molecular complexity index is 353. The molecule has 1 amide bonds. The van der Waals surface area contributed by atoms with E-state index in [-0.39, 0.29) is 11.9 Å². The predicted octanol–water partition coefficient (Wildman–Crippen LogP) is 1.76. The molecule has 3 nitrogen and oxygen atoms in total. The van der Waals surface area contributed by atoms with Crippen LogP contribution in [-0.4, -0.2) is 17.7 Å². The van der Waals surface area contributed by atoms with Gasteiger partial charge < -0.3 is 11.5 Å². The smallest absolute Gasteiger partial charge is 0.249 e. The third-order valence-electron chi connectivity index (χ3n) is 2.26. The molecule has 1 unspecified atom stereocenters. The molecule has 1 rings (SSSR count). The van der Waals surface area contributed by atoms with Crippen molar-refractivity contribution in [1.82, 2.24) is 0 Å². The molecule has 16 heavy (non-hydrogen) atoms. The lowest BCUT2D eigenvalue weighted by molar-refractivity contribution is 0.0999. The van der Waals surface area contributed by atoms with Crippen molar-refractivity contribution in [3.63, 3.8) is 0 Å². The Morgan fingerprint density at radius 3 is 2.75 bits per heavy atom. The molecule has 0 aliphatic heterocycles. The monoisotopic (exact) mass is 238 g/mol. The molecule has 4 heteroatoms. The molecule has 4 N–H and O–H groups in total. The summed E-state index contributed by atoms with van der Waals surface area (Å²) in [6, 6.07) is 7.70. The molecule has 0 saturated heterocycles. The average molecular weight is 238 g/mol. The predicted molar refractivity (Wildman–Crippen MR) is 69.4 cm³/mol. The summed E-state index contributed by atoms with van der Waals surface area (Å²) in [5, 5.41) is 0. The molecule has 1 aromatic carbocycles. The van der Waals surface area contributed by atoms with E-state index in [1.165, 1.54) is 0 Å². The van der Waals surface area contributed by atoms with E-state index >= 15 is 0 Å². The molecule has 0 saturated carbocycles. The fourth-order valence-electron chi connectivity index (χ4n) is 1.34. The zero-order valence-corrected chi connectivity index (χ0v) is 10.3. The van der Waals surface area contributed by atoms with Crippen LogP contribution >= 0.6 is 11.8 Å². The third kappa shape index (κ3) is 4.24. The second kappa shape index (κ2) is 6.55. The fourth-order valence-corrected chi connectivity index (χ4v) is 2.49. The van der Waals surface area contributed by atoms with Gasteiger partial charge in [-0.25, -0.2) is 0 Å². The Morgan fingerprint density at radius 1 is 1.44 bits per heavy atom. The van der Waals surface area contributed by atoms with Gasteiger partial charge in [0.2, 0.25) is 5.91 Å². The van der Waals surface area contributed by atoms with E-state index < -0.39 is 0 Å². The number of primary amides is 1. The summed E-state index contributed by atoms with van der Waals surface area (Å²) in [6.45, 7) is 2.00. The molecule has 1 aromatic rings. The SMILES string of the molecule is CC(N)CCSCc1ccccc1C(N)=O. The highest BCUT2D eigenvalue weighted by molar-refractivity contribution is 7.98. The number of carbonyl (C=O) groups excluding carboxylic acids is 1. The second-order valence-electron chi connectivity index (χ2n) is 3.84. The summed E-state index contributed by atoms with van der Waals surface area (Å²) in [7, 11) is 0. The Kier molecular flexibility index (Phi) is 5.35. The van der Waals surface area contributed by atoms with Crippen LogP contribution < -0.4 is 11.5 Å². The van der Waals surface area contributed by atoms with Crippen molar-refractivity contribution in [2.24, 2.45) is 11.5 Å². The van der Waals surface area contributed by atoms with Gasteiger partial charge in [-0.15, -0.1) is 0 Å². The minimum atomic E-state index is -0.358. The highest BCUT2D eigenvalue weighted by atomic mass is 32.2. The normalized spacial score (nSPS) is 12.4. The maximum atomic E-state index is 11.2. The molecule has 1 atom stereocenters. The molecule has 0 heterocycles. The summed E-state index contributed by atoms with van der Waals surface area (Å²) >= 11 is 1.78. The summed E-state index contributed by atoms with van der Waals surface area (Å²) in [5.74, 6) is 1.46. The zero-order valence-electron chi connectivity index (χ0n) is 9.48. The fraction of sp³-hybridized carbons (Fsp3) is 0.417. The van der Waals surface area contributed by atoms with Crippen molar-refractivity contribution in [2.75, 3.05) is 5.75 Å². The van der Waals surface area contributed by atoms with E-state index in [2.05, 4.69) is 0 Å². The number of hydrogen-bond donors (Lipinski definition) is 2. The molecule has 88 valence electrons. The van der Waals surface area contributed by atoms with Gasteiger partial charge in [0.25, 0.3) is 0 Å². The maximum absolute atomic E-state index is 11.2. The Hall–Kier alpha value is -1.00. The Balaban J connectivity index is 2.50. The number of hydrogen-bond acceptors (Lipinski definition) is 3. The van der Waals surface area contributed by atoms with Gasteiger partial charge in [0.15, 0.2) is 0 Å². The van der Waals surface area contributed by atoms with Crippen LogP contribution in [0.5, 0.6) is 0 Å². The zero-order chi connectivity index (χ0) is 12.0. The van der Waals surface area contributed by atoms with Crippen LogP contribution in [0.25, 0.3) is 0 Å². The molecule has 0 aliphatic carbocycles. The van der Waals surface area contributed by atoms with Gasteiger partial charge in [-0.1, -0.05) is 18.2 Å². The van der Waals surface area contributed by atoms with Crippen LogP contribution in [0.3, 0.4) is 0 Å². The number of amides is 1. The van der Waals surface area contributed by atoms with Crippen molar-refractivity contribution < 1.29 is 4.79 Å². The topological polar surface area (TPSA) is 69.1 Å². The average Bonchev–Trinajstić information content (AvgIpc) is 2.24. The van der Waals surface area contributed by atoms with Crippen LogP contribution in [0.2, 0.25) is 0 Å². The van der Waals surface area contributed by atoms with Gasteiger partial charge in [-0.05, 0) is 30.7 Å². The largest absolute Gasteiger partial charge is 0.366 e. The molecule has 0 fully saturated rings. The van der Waals surface area contributed by atoms with Crippen LogP contribution in [0.15, 0.2) is 24.3 Å². The minimum Gasteiger partial charge on any atom is -0.366 e. The molecule has 0 aliphatic rings. The van der Waals surface area contributed by atoms with Crippen LogP contribution in [0.4, 0.5) is 0 Å². The lowest BCUT2D eigenvalue weighted by Crippen LogP contribution is -2.15. The van der Waals surface area contributed by atoms with Crippen LogP contribution in [0.1, 0.15) is 29.3 Å².